The molecule has 1 fully saturated rings. The molecule has 4 aromatic heterocycles. The number of nitrogen functional groups attached to an aromatic ring is 1. The molecule has 3 atom stereocenters. The number of nitrogens with zero attached hydrogens (tertiary/aromatic N) is 7. The fraction of sp³-hybridized carbons (Fsp3) is 0.538. The van der Waals surface area contributed by atoms with E-state index in [0.29, 0.717) is 33.8 Å². The highest BCUT2D eigenvalue weighted by Gasteiger charge is 2.48. The predicted molar refractivity (Wildman–Crippen MR) is 142 cm³/mol. The summed E-state index contributed by atoms with van der Waals surface area (Å²) < 4.78 is 7.88. The Labute approximate surface area is 222 Å². The van der Waals surface area contributed by atoms with Crippen LogP contribution in [0, 0.1) is 11.3 Å². The van der Waals surface area contributed by atoms with Crippen LogP contribution < -0.4 is 11.3 Å². The molecular formula is C26H29N9O2S. The molecule has 2 aliphatic carbocycles. The Morgan fingerprint density at radius 2 is 2.11 bits per heavy atom. The number of hydrogen-bond acceptors (Lipinski definition) is 10. The van der Waals surface area contributed by atoms with Crippen LogP contribution in [0.25, 0.3) is 22.7 Å². The van der Waals surface area contributed by atoms with E-state index in [1.165, 1.54) is 16.2 Å². The minimum absolute atomic E-state index is 0.0123. The molecule has 5 heterocycles. The summed E-state index contributed by atoms with van der Waals surface area (Å²) in [4.78, 5) is 24.3. The van der Waals surface area contributed by atoms with Gasteiger partial charge in [-0.3, -0.25) is 4.79 Å². The van der Waals surface area contributed by atoms with Gasteiger partial charge in [-0.05, 0) is 77.4 Å². The van der Waals surface area contributed by atoms with Gasteiger partial charge < -0.3 is 20.1 Å². The Kier molecular flexibility index (Phi) is 5.25. The number of H-pyrrole nitrogens is 1. The maximum atomic E-state index is 13.1. The van der Waals surface area contributed by atoms with E-state index in [9.17, 15) is 10.1 Å². The highest BCUT2D eigenvalue weighted by atomic mass is 32.1. The fourth-order valence-corrected chi connectivity index (χ4v) is 8.32. The first-order chi connectivity index (χ1) is 18.4. The van der Waals surface area contributed by atoms with Crippen molar-refractivity contribution in [2.24, 2.45) is 0 Å². The zero-order valence-electron chi connectivity index (χ0n) is 21.5. The van der Waals surface area contributed by atoms with Crippen molar-refractivity contribution in [2.45, 2.75) is 75.8 Å². The van der Waals surface area contributed by atoms with Crippen LogP contribution in [0.3, 0.4) is 0 Å². The number of likely N-dealkylation sites (tertiary alicyclic amines) is 1. The average molecular weight is 532 g/mol. The van der Waals surface area contributed by atoms with Gasteiger partial charge in [-0.2, -0.15) is 5.26 Å². The minimum atomic E-state index is -0.430. The van der Waals surface area contributed by atoms with Gasteiger partial charge in [0.1, 0.15) is 11.1 Å². The summed E-state index contributed by atoms with van der Waals surface area (Å²) in [5.41, 5.74) is 9.26. The van der Waals surface area contributed by atoms with Crippen molar-refractivity contribution in [3.05, 3.63) is 37.7 Å². The number of nitriles is 1. The second kappa shape index (κ2) is 8.47. The Hall–Kier alpha value is -3.56. The van der Waals surface area contributed by atoms with E-state index in [1.54, 1.807) is 4.68 Å². The Morgan fingerprint density at radius 3 is 2.87 bits per heavy atom. The molecule has 0 aromatic carbocycles. The van der Waals surface area contributed by atoms with Crippen LogP contribution in [-0.2, 0) is 18.3 Å². The number of anilines is 1. The van der Waals surface area contributed by atoms with Gasteiger partial charge >= 0.3 is 0 Å². The van der Waals surface area contributed by atoms with E-state index in [2.05, 4.69) is 45.4 Å². The number of thiophene rings is 1. The van der Waals surface area contributed by atoms with E-state index in [-0.39, 0.29) is 17.1 Å². The molecule has 0 saturated carbocycles. The highest BCUT2D eigenvalue weighted by molar-refractivity contribution is 7.16. The van der Waals surface area contributed by atoms with Crippen molar-refractivity contribution < 1.29 is 4.52 Å². The van der Waals surface area contributed by atoms with Crippen LogP contribution in [0.15, 0.2) is 9.32 Å². The molecular weight excluding hydrogens is 502 g/mol. The van der Waals surface area contributed by atoms with Gasteiger partial charge in [0.15, 0.2) is 28.4 Å². The third-order valence-electron chi connectivity index (χ3n) is 8.94. The number of fused-ring (bicyclic) bond motifs is 5. The highest BCUT2D eigenvalue weighted by Crippen LogP contribution is 2.55. The number of aryl methyl sites for hydroxylation is 1. The van der Waals surface area contributed by atoms with E-state index < -0.39 is 5.41 Å². The van der Waals surface area contributed by atoms with Crippen molar-refractivity contribution in [1.29, 1.82) is 5.26 Å². The van der Waals surface area contributed by atoms with Crippen LogP contribution in [0.5, 0.6) is 0 Å². The maximum Gasteiger partial charge on any atom is 0.281 e. The smallest absolute Gasteiger partial charge is 0.281 e. The molecule has 1 aliphatic heterocycles. The van der Waals surface area contributed by atoms with Gasteiger partial charge in [-0.1, -0.05) is 10.4 Å². The van der Waals surface area contributed by atoms with Crippen molar-refractivity contribution in [2.75, 3.05) is 19.3 Å². The summed E-state index contributed by atoms with van der Waals surface area (Å²) in [6.45, 7) is 3.14. The van der Waals surface area contributed by atoms with Crippen LogP contribution >= 0.6 is 11.3 Å². The molecule has 12 heteroatoms. The molecule has 3 aliphatic rings. The molecule has 38 heavy (non-hydrogen) atoms. The lowest BCUT2D eigenvalue weighted by atomic mass is 9.63. The molecule has 11 nitrogen and oxygen atoms in total. The summed E-state index contributed by atoms with van der Waals surface area (Å²) in [7, 11) is 2.12. The molecule has 3 N–H and O–H groups in total. The number of rotatable bonds is 3. The molecule has 196 valence electrons. The maximum absolute atomic E-state index is 13.1. The number of aromatic amines is 1. The second-order valence-corrected chi connectivity index (χ2v) is 12.1. The third-order valence-corrected chi connectivity index (χ3v) is 10.0. The number of aromatic nitrogens is 6. The number of likely N-dealkylation sites (N-methyl/N-ethyl adjacent to an activating group) is 1. The Bertz CT molecular complexity index is 1670. The van der Waals surface area contributed by atoms with Crippen molar-refractivity contribution in [1.82, 2.24) is 35.0 Å². The second-order valence-electron chi connectivity index (χ2n) is 10.9. The lowest BCUT2D eigenvalue weighted by Crippen LogP contribution is -2.35. The summed E-state index contributed by atoms with van der Waals surface area (Å²) in [5, 5.41) is 23.5. The van der Waals surface area contributed by atoms with Crippen molar-refractivity contribution in [3.63, 3.8) is 0 Å². The lowest BCUT2D eigenvalue weighted by Gasteiger charge is -2.39. The van der Waals surface area contributed by atoms with Gasteiger partial charge in [-0.15, -0.1) is 16.4 Å². The van der Waals surface area contributed by atoms with E-state index in [1.807, 2.05) is 0 Å². The SMILES string of the molecule is CC([C@@H]1CCCN1C)n1nnc2c(=O)[nH]c(-c3noc4c3CCC[C@@]43CCCc4sc(N)c(C#N)c43)nc21. The lowest BCUT2D eigenvalue weighted by molar-refractivity contribution is 0.230. The van der Waals surface area contributed by atoms with Crippen LogP contribution in [0.1, 0.15) is 78.8 Å². The first-order valence-electron chi connectivity index (χ1n) is 13.3. The minimum Gasteiger partial charge on any atom is -0.389 e. The standard InChI is InChI=1S/C26H29N9O2S/c1-13(16-7-5-11-34(16)2)35-24-20(31-33-35)25(36)30-23(29-24)19-14-6-3-9-26(21(14)37-32-19)10-4-8-17-18(26)15(12-27)22(28)38-17/h13,16H,3-11,28H2,1-2H3,(H,29,30,36)/t13?,16-,26-/m0/s1. The zero-order valence-corrected chi connectivity index (χ0v) is 22.3. The van der Waals surface area contributed by atoms with Crippen LogP contribution in [0.2, 0.25) is 0 Å². The largest absolute Gasteiger partial charge is 0.389 e. The molecule has 4 aromatic rings. The Balaban J connectivity index is 1.36. The summed E-state index contributed by atoms with van der Waals surface area (Å²) in [6, 6.07) is 2.67. The summed E-state index contributed by atoms with van der Waals surface area (Å²) in [6.07, 6.45) is 7.53. The monoisotopic (exact) mass is 531 g/mol. The van der Waals surface area contributed by atoms with Crippen molar-refractivity contribution >= 4 is 27.5 Å². The zero-order chi connectivity index (χ0) is 26.2. The molecule has 1 spiro atoms. The van der Waals surface area contributed by atoms with E-state index in [0.717, 1.165) is 74.8 Å². The van der Waals surface area contributed by atoms with Crippen LogP contribution in [0.4, 0.5) is 5.00 Å². The van der Waals surface area contributed by atoms with Gasteiger partial charge in [0.25, 0.3) is 5.56 Å². The normalized spacial score (nSPS) is 24.0. The van der Waals surface area contributed by atoms with Gasteiger partial charge in [-0.25, -0.2) is 9.67 Å². The Morgan fingerprint density at radius 1 is 1.29 bits per heavy atom. The predicted octanol–water partition coefficient (Wildman–Crippen LogP) is 3.30. The van der Waals surface area contributed by atoms with Gasteiger partial charge in [0, 0.05) is 16.5 Å². The first kappa shape index (κ1) is 23.5. The molecule has 0 bridgehead atoms. The topological polar surface area (TPSA) is 156 Å². The van der Waals surface area contributed by atoms with Crippen LogP contribution in [-0.4, -0.2) is 54.7 Å². The number of hydrogen-bond donors (Lipinski definition) is 2. The molecule has 1 unspecified atom stereocenters. The third kappa shape index (κ3) is 3.18. The number of nitrogens with one attached hydrogen (secondary N) is 1. The quantitative estimate of drug-likeness (QED) is 0.405. The van der Waals surface area contributed by atoms with E-state index >= 15 is 0 Å². The summed E-state index contributed by atoms with van der Waals surface area (Å²) in [5.74, 6) is 1.14. The first-order valence-corrected chi connectivity index (χ1v) is 14.1. The number of nitrogens with two attached hydrogens (primary N) is 1. The molecule has 0 radical (unpaired) electrons. The molecule has 0 amide bonds. The summed E-state index contributed by atoms with van der Waals surface area (Å²) >= 11 is 1.52. The molecule has 1 saturated heterocycles. The van der Waals surface area contributed by atoms with E-state index in [4.69, 9.17) is 15.2 Å². The van der Waals surface area contributed by atoms with Crippen molar-refractivity contribution in [3.8, 4) is 17.6 Å². The van der Waals surface area contributed by atoms with Gasteiger partial charge in [0.2, 0.25) is 0 Å². The molecule has 7 rings (SSSR count). The fourth-order valence-electron chi connectivity index (χ4n) is 7.16. The van der Waals surface area contributed by atoms with Gasteiger partial charge in [0.05, 0.1) is 17.0 Å². The average Bonchev–Trinajstić information content (AvgIpc) is 3.68.